The molecule has 0 saturated heterocycles. The standard InChI is InChI=1S/C19H17P.C9H9NO2/c1-20(17-11-5-2-6-12-17,18-13-7-3-8-14-18)19-15-9-4-10-16-19;1-10-9(12)8-4-2-7(6-11)3-5-8/h2-16H,1H2;2-6H,1H3,(H,10,12). The van der Waals surface area contributed by atoms with E-state index in [9.17, 15) is 9.59 Å². The summed E-state index contributed by atoms with van der Waals surface area (Å²) >= 11 is 0. The van der Waals surface area contributed by atoms with Crippen molar-refractivity contribution in [3.05, 3.63) is 126 Å². The summed E-state index contributed by atoms with van der Waals surface area (Å²) in [4.78, 5) is 21.3. The van der Waals surface area contributed by atoms with Crippen molar-refractivity contribution in [2.75, 3.05) is 7.05 Å². The molecule has 1 N–H and O–H groups in total. The average Bonchev–Trinajstić information content (AvgIpc) is 2.89. The van der Waals surface area contributed by atoms with Crippen LogP contribution in [0.3, 0.4) is 0 Å². The van der Waals surface area contributed by atoms with Crippen LogP contribution in [0.25, 0.3) is 0 Å². The van der Waals surface area contributed by atoms with Crippen LogP contribution in [0, 0.1) is 0 Å². The van der Waals surface area contributed by atoms with Gasteiger partial charge in [0.05, 0.1) is 0 Å². The normalized spacial score (nSPS) is 10.4. The molecule has 0 fully saturated rings. The number of carbonyl (C=O) groups excluding carboxylic acids is 2. The Morgan fingerprint density at radius 3 is 1.38 bits per heavy atom. The second-order valence-electron chi connectivity index (χ2n) is 7.14. The van der Waals surface area contributed by atoms with Gasteiger partial charge in [-0.1, -0.05) is 109 Å². The van der Waals surface area contributed by atoms with Crippen LogP contribution in [0.2, 0.25) is 0 Å². The van der Waals surface area contributed by atoms with E-state index in [4.69, 9.17) is 6.30 Å². The van der Waals surface area contributed by atoms with Crippen molar-refractivity contribution in [2.45, 2.75) is 0 Å². The largest absolute Gasteiger partial charge is 0.355 e. The summed E-state index contributed by atoms with van der Waals surface area (Å²) < 4.78 is 0. The Kier molecular flexibility index (Phi) is 7.96. The number of rotatable bonds is 5. The molecular weight excluding hydrogens is 413 g/mol. The topological polar surface area (TPSA) is 46.2 Å². The molecule has 4 aromatic rings. The zero-order valence-corrected chi connectivity index (χ0v) is 18.9. The molecule has 3 nitrogen and oxygen atoms in total. The molecule has 0 aromatic heterocycles. The van der Waals surface area contributed by atoms with Crippen LogP contribution < -0.4 is 21.2 Å². The zero-order chi connectivity index (χ0) is 22.8. The number of nitrogens with one attached hydrogen (secondary N) is 1. The third kappa shape index (κ3) is 5.32. The zero-order valence-electron chi connectivity index (χ0n) is 18.0. The smallest absolute Gasteiger partial charge is 0.251 e. The molecule has 160 valence electrons. The fourth-order valence-electron chi connectivity index (χ4n) is 3.35. The number of benzene rings is 4. The molecule has 0 aliphatic rings. The molecule has 1 amide bonds. The molecule has 4 aromatic carbocycles. The predicted octanol–water partition coefficient (Wildman–Crippen LogP) is 4.27. The lowest BCUT2D eigenvalue weighted by molar-refractivity contribution is 0.0962. The van der Waals surface area contributed by atoms with E-state index >= 15 is 0 Å². The number of hydrogen-bond donors (Lipinski definition) is 1. The third-order valence-electron chi connectivity index (χ3n) is 5.13. The molecule has 0 saturated carbocycles. The molecule has 0 aliphatic heterocycles. The Labute approximate surface area is 189 Å². The van der Waals surface area contributed by atoms with Gasteiger partial charge < -0.3 is 5.32 Å². The van der Waals surface area contributed by atoms with Crippen LogP contribution in [0.1, 0.15) is 20.7 Å². The van der Waals surface area contributed by atoms with E-state index < -0.39 is 6.89 Å². The van der Waals surface area contributed by atoms with Crippen LogP contribution >= 0.6 is 6.89 Å². The first-order valence-electron chi connectivity index (χ1n) is 10.3. The number of hydrogen-bond acceptors (Lipinski definition) is 2. The molecule has 0 radical (unpaired) electrons. The van der Waals surface area contributed by atoms with Crippen LogP contribution in [-0.2, 0) is 0 Å². The first-order chi connectivity index (χ1) is 15.6. The van der Waals surface area contributed by atoms with E-state index in [1.165, 1.54) is 15.9 Å². The van der Waals surface area contributed by atoms with Gasteiger partial charge in [-0.05, 0) is 34.9 Å². The Morgan fingerprint density at radius 1 is 0.688 bits per heavy atom. The van der Waals surface area contributed by atoms with E-state index in [1.807, 2.05) is 0 Å². The second-order valence-corrected chi connectivity index (χ2v) is 10.3. The number of aldehydes is 1. The monoisotopic (exact) mass is 439 g/mol. The van der Waals surface area contributed by atoms with Crippen molar-refractivity contribution in [1.29, 1.82) is 0 Å². The van der Waals surface area contributed by atoms with Crippen molar-refractivity contribution in [3.63, 3.8) is 0 Å². The minimum absolute atomic E-state index is 0.146. The maximum absolute atomic E-state index is 11.0. The molecule has 0 heterocycles. The van der Waals surface area contributed by atoms with Crippen LogP contribution in [-0.4, -0.2) is 25.5 Å². The quantitative estimate of drug-likeness (QED) is 0.373. The van der Waals surface area contributed by atoms with Gasteiger partial charge in [0.1, 0.15) is 6.29 Å². The maximum atomic E-state index is 11.0. The highest BCUT2D eigenvalue weighted by Crippen LogP contribution is 2.41. The van der Waals surface area contributed by atoms with Crippen LogP contribution in [0.15, 0.2) is 115 Å². The highest BCUT2D eigenvalue weighted by atomic mass is 31.2. The lowest BCUT2D eigenvalue weighted by Crippen LogP contribution is -2.25. The first kappa shape index (κ1) is 23.0. The van der Waals surface area contributed by atoms with Gasteiger partial charge in [-0.2, -0.15) is 0 Å². The summed E-state index contributed by atoms with van der Waals surface area (Å²) in [7, 11) is 1.57. The van der Waals surface area contributed by atoms with Gasteiger partial charge in [0.2, 0.25) is 0 Å². The van der Waals surface area contributed by atoms with Crippen molar-refractivity contribution in [2.24, 2.45) is 0 Å². The molecule has 0 bridgehead atoms. The first-order valence-corrected chi connectivity index (χ1v) is 12.2. The molecule has 0 spiro atoms. The summed E-state index contributed by atoms with van der Waals surface area (Å²) in [6.45, 7) is -1.78. The SMILES string of the molecule is C=P(c1ccccc1)(c1ccccc1)c1ccccc1.CNC(=O)c1ccc(C=O)cc1. The Hall–Kier alpha value is -3.68. The van der Waals surface area contributed by atoms with Gasteiger partial charge in [-0.3, -0.25) is 9.59 Å². The van der Waals surface area contributed by atoms with Crippen molar-refractivity contribution in [1.82, 2.24) is 5.32 Å². The average molecular weight is 439 g/mol. The Bertz CT molecular complexity index is 1090. The fraction of sp³-hybridized carbons (Fsp3) is 0.0357. The summed E-state index contributed by atoms with van der Waals surface area (Å²) in [5.74, 6) is -0.146. The van der Waals surface area contributed by atoms with Crippen molar-refractivity contribution in [3.8, 4) is 0 Å². The van der Waals surface area contributed by atoms with Crippen molar-refractivity contribution >= 4 is 41.3 Å². The molecular formula is C28H26NO2P. The van der Waals surface area contributed by atoms with Gasteiger partial charge in [0.15, 0.2) is 0 Å². The summed E-state index contributed by atoms with van der Waals surface area (Å²) in [6, 6.07) is 38.4. The minimum atomic E-state index is -1.78. The van der Waals surface area contributed by atoms with Gasteiger partial charge in [0.25, 0.3) is 5.91 Å². The highest BCUT2D eigenvalue weighted by molar-refractivity contribution is 7.93. The van der Waals surface area contributed by atoms with Crippen LogP contribution in [0.4, 0.5) is 0 Å². The van der Waals surface area contributed by atoms with E-state index in [2.05, 4.69) is 96.3 Å². The van der Waals surface area contributed by atoms with E-state index in [1.54, 1.807) is 31.3 Å². The summed E-state index contributed by atoms with van der Waals surface area (Å²) in [5.41, 5.74) is 1.13. The Morgan fingerprint density at radius 2 is 1.06 bits per heavy atom. The Balaban J connectivity index is 0.000000207. The fourth-order valence-corrected chi connectivity index (χ4v) is 6.29. The maximum Gasteiger partial charge on any atom is 0.251 e. The van der Waals surface area contributed by atoms with Crippen molar-refractivity contribution < 1.29 is 9.59 Å². The predicted molar refractivity (Wildman–Crippen MR) is 137 cm³/mol. The highest BCUT2D eigenvalue weighted by Gasteiger charge is 2.21. The van der Waals surface area contributed by atoms with Gasteiger partial charge in [-0.15, -0.1) is 0 Å². The third-order valence-corrected chi connectivity index (χ3v) is 8.67. The lowest BCUT2D eigenvalue weighted by atomic mass is 10.1. The molecule has 0 atom stereocenters. The number of amides is 1. The molecule has 4 heteroatoms. The summed E-state index contributed by atoms with van der Waals surface area (Å²) in [5, 5.41) is 6.44. The molecule has 4 rings (SSSR count). The van der Waals surface area contributed by atoms with Gasteiger partial charge in [0, 0.05) is 18.2 Å². The number of carbonyl (C=O) groups is 2. The molecule has 0 unspecified atom stereocenters. The van der Waals surface area contributed by atoms with Crippen LogP contribution in [0.5, 0.6) is 0 Å². The van der Waals surface area contributed by atoms with E-state index in [0.29, 0.717) is 11.1 Å². The summed E-state index contributed by atoms with van der Waals surface area (Å²) in [6.07, 6.45) is 5.44. The second kappa shape index (κ2) is 11.1. The van der Waals surface area contributed by atoms with E-state index in [-0.39, 0.29) is 5.91 Å². The molecule has 0 aliphatic carbocycles. The molecule has 32 heavy (non-hydrogen) atoms. The van der Waals surface area contributed by atoms with E-state index in [0.717, 1.165) is 6.29 Å². The lowest BCUT2D eigenvalue weighted by Gasteiger charge is -2.26. The minimum Gasteiger partial charge on any atom is -0.355 e. The van der Waals surface area contributed by atoms with Gasteiger partial charge >= 0.3 is 0 Å². The van der Waals surface area contributed by atoms with Gasteiger partial charge in [-0.25, -0.2) is 0 Å².